The van der Waals surface area contributed by atoms with Gasteiger partial charge in [0.15, 0.2) is 0 Å². The predicted octanol–water partition coefficient (Wildman–Crippen LogP) is 2.05. The van der Waals surface area contributed by atoms with Crippen molar-refractivity contribution >= 4 is 17.6 Å². The van der Waals surface area contributed by atoms with E-state index in [0.717, 1.165) is 11.3 Å². The van der Waals surface area contributed by atoms with Gasteiger partial charge in [-0.15, -0.1) is 0 Å². The van der Waals surface area contributed by atoms with Crippen LogP contribution in [0.4, 0.5) is 5.69 Å². The summed E-state index contributed by atoms with van der Waals surface area (Å²) in [6, 6.07) is 5.23. The summed E-state index contributed by atoms with van der Waals surface area (Å²) in [5, 5.41) is 11.3. The highest BCUT2D eigenvalue weighted by atomic mass is 16.5. The van der Waals surface area contributed by atoms with Crippen LogP contribution in [0.25, 0.3) is 0 Å². The first-order valence-electron chi connectivity index (χ1n) is 5.72. The van der Waals surface area contributed by atoms with Crippen LogP contribution < -0.4 is 10.1 Å². The average Bonchev–Trinajstić information content (AvgIpc) is 2.31. The van der Waals surface area contributed by atoms with Gasteiger partial charge < -0.3 is 15.2 Å². The zero-order chi connectivity index (χ0) is 13.7. The fourth-order valence-corrected chi connectivity index (χ4v) is 1.39. The first kappa shape index (κ1) is 14.0. The van der Waals surface area contributed by atoms with Gasteiger partial charge in [0, 0.05) is 5.69 Å². The topological polar surface area (TPSA) is 75.6 Å². The van der Waals surface area contributed by atoms with Crippen LogP contribution in [0.5, 0.6) is 5.75 Å². The number of amides is 1. The average molecular weight is 251 g/mol. The maximum atomic E-state index is 11.6. The van der Waals surface area contributed by atoms with E-state index < -0.39 is 17.8 Å². The normalized spacial score (nSPS) is 11.7. The van der Waals surface area contributed by atoms with E-state index in [9.17, 15) is 9.59 Å². The van der Waals surface area contributed by atoms with E-state index in [0.29, 0.717) is 12.3 Å². The van der Waals surface area contributed by atoms with Crippen molar-refractivity contribution in [3.63, 3.8) is 0 Å². The van der Waals surface area contributed by atoms with Crippen molar-refractivity contribution in [1.82, 2.24) is 0 Å². The second-order valence-corrected chi connectivity index (χ2v) is 3.96. The monoisotopic (exact) mass is 251 g/mol. The molecule has 0 aliphatic heterocycles. The molecule has 0 fully saturated rings. The van der Waals surface area contributed by atoms with Gasteiger partial charge in [0.1, 0.15) is 11.7 Å². The Bertz CT molecular complexity index is 456. The SMILES string of the molecule is CCOc1ccc(NC(=O)C(C)C(=O)O)c(C)c1. The van der Waals surface area contributed by atoms with Gasteiger partial charge >= 0.3 is 5.97 Å². The van der Waals surface area contributed by atoms with E-state index in [1.807, 2.05) is 13.8 Å². The third-order valence-corrected chi connectivity index (χ3v) is 2.53. The Balaban J connectivity index is 2.79. The fourth-order valence-electron chi connectivity index (χ4n) is 1.39. The number of carboxylic acid groups (broad SMARTS) is 1. The first-order valence-corrected chi connectivity index (χ1v) is 5.72. The second kappa shape index (κ2) is 6.05. The lowest BCUT2D eigenvalue weighted by Gasteiger charge is -2.12. The van der Waals surface area contributed by atoms with E-state index in [1.165, 1.54) is 6.92 Å². The molecule has 1 rings (SSSR count). The van der Waals surface area contributed by atoms with Crippen LogP contribution in [0.3, 0.4) is 0 Å². The standard InChI is InChI=1S/C13H17NO4/c1-4-18-10-5-6-11(8(2)7-10)14-12(15)9(3)13(16)17/h5-7,9H,4H2,1-3H3,(H,14,15)(H,16,17). The molecule has 1 amide bonds. The number of nitrogens with one attached hydrogen (secondary N) is 1. The smallest absolute Gasteiger partial charge is 0.315 e. The number of rotatable bonds is 5. The molecule has 0 radical (unpaired) electrons. The lowest BCUT2D eigenvalue weighted by Crippen LogP contribution is -2.27. The molecule has 0 saturated heterocycles. The largest absolute Gasteiger partial charge is 0.494 e. The van der Waals surface area contributed by atoms with E-state index in [1.54, 1.807) is 18.2 Å². The van der Waals surface area contributed by atoms with Crippen LogP contribution in [-0.4, -0.2) is 23.6 Å². The number of benzene rings is 1. The van der Waals surface area contributed by atoms with Crippen molar-refractivity contribution in [3.8, 4) is 5.75 Å². The summed E-state index contributed by atoms with van der Waals surface area (Å²) in [7, 11) is 0. The quantitative estimate of drug-likeness (QED) is 0.785. The molecule has 0 aliphatic rings. The number of anilines is 1. The number of ether oxygens (including phenoxy) is 1. The molecule has 0 heterocycles. The number of aryl methyl sites for hydroxylation is 1. The maximum Gasteiger partial charge on any atom is 0.315 e. The molecule has 0 aliphatic carbocycles. The van der Waals surface area contributed by atoms with Crippen LogP contribution in [0, 0.1) is 12.8 Å². The minimum Gasteiger partial charge on any atom is -0.494 e. The highest BCUT2D eigenvalue weighted by Crippen LogP contribution is 2.21. The predicted molar refractivity (Wildman–Crippen MR) is 67.8 cm³/mol. The Hall–Kier alpha value is -2.04. The Morgan fingerprint density at radius 1 is 1.44 bits per heavy atom. The van der Waals surface area contributed by atoms with Gasteiger partial charge in [-0.1, -0.05) is 0 Å². The first-order chi connectivity index (χ1) is 8.45. The minimum atomic E-state index is -1.14. The van der Waals surface area contributed by atoms with Crippen molar-refractivity contribution in [1.29, 1.82) is 0 Å². The van der Waals surface area contributed by atoms with E-state index >= 15 is 0 Å². The summed E-state index contributed by atoms with van der Waals surface area (Å²) >= 11 is 0. The van der Waals surface area contributed by atoms with Gasteiger partial charge in [-0.2, -0.15) is 0 Å². The van der Waals surface area contributed by atoms with Crippen LogP contribution >= 0.6 is 0 Å². The highest BCUT2D eigenvalue weighted by Gasteiger charge is 2.20. The molecule has 5 nitrogen and oxygen atoms in total. The molecule has 1 aromatic rings. The van der Waals surface area contributed by atoms with Crippen molar-refractivity contribution in [2.75, 3.05) is 11.9 Å². The van der Waals surface area contributed by atoms with Crippen molar-refractivity contribution in [3.05, 3.63) is 23.8 Å². The van der Waals surface area contributed by atoms with Gasteiger partial charge in [0.25, 0.3) is 0 Å². The lowest BCUT2D eigenvalue weighted by atomic mass is 10.1. The second-order valence-electron chi connectivity index (χ2n) is 3.96. The molecule has 0 saturated carbocycles. The van der Waals surface area contributed by atoms with E-state index in [-0.39, 0.29) is 0 Å². The lowest BCUT2D eigenvalue weighted by molar-refractivity contribution is -0.144. The van der Waals surface area contributed by atoms with Crippen LogP contribution in [0.1, 0.15) is 19.4 Å². The highest BCUT2D eigenvalue weighted by molar-refractivity contribution is 6.04. The molecule has 5 heteroatoms. The van der Waals surface area contributed by atoms with Gasteiger partial charge in [-0.05, 0) is 44.5 Å². The van der Waals surface area contributed by atoms with Gasteiger partial charge in [-0.25, -0.2) is 0 Å². The maximum absolute atomic E-state index is 11.6. The Morgan fingerprint density at radius 3 is 2.61 bits per heavy atom. The number of carbonyl (C=O) groups is 2. The molecule has 98 valence electrons. The van der Waals surface area contributed by atoms with Crippen LogP contribution in [0.2, 0.25) is 0 Å². The van der Waals surface area contributed by atoms with Crippen molar-refractivity contribution < 1.29 is 19.4 Å². The summed E-state index contributed by atoms with van der Waals surface area (Å²) < 4.78 is 5.33. The van der Waals surface area contributed by atoms with Gasteiger partial charge in [0.2, 0.25) is 5.91 Å². The van der Waals surface area contributed by atoms with Crippen LogP contribution in [0.15, 0.2) is 18.2 Å². The van der Waals surface area contributed by atoms with Crippen molar-refractivity contribution in [2.24, 2.45) is 5.92 Å². The molecule has 2 N–H and O–H groups in total. The Morgan fingerprint density at radius 2 is 2.11 bits per heavy atom. The van der Waals surface area contributed by atoms with E-state index in [4.69, 9.17) is 9.84 Å². The molecule has 0 aromatic heterocycles. The zero-order valence-corrected chi connectivity index (χ0v) is 10.7. The summed E-state index contributed by atoms with van der Waals surface area (Å²) in [6.45, 7) is 5.63. The fraction of sp³-hybridized carbons (Fsp3) is 0.385. The summed E-state index contributed by atoms with van der Waals surface area (Å²) in [6.07, 6.45) is 0. The number of carbonyl (C=O) groups excluding carboxylic acids is 1. The minimum absolute atomic E-state index is 0.533. The molecule has 0 spiro atoms. The number of aliphatic carboxylic acids is 1. The zero-order valence-electron chi connectivity index (χ0n) is 10.7. The Labute approximate surface area is 106 Å². The summed E-state index contributed by atoms with van der Waals surface area (Å²) in [4.78, 5) is 22.3. The van der Waals surface area contributed by atoms with Crippen LogP contribution in [-0.2, 0) is 9.59 Å². The molecule has 1 unspecified atom stereocenters. The third-order valence-electron chi connectivity index (χ3n) is 2.53. The molecular formula is C13H17NO4. The van der Waals surface area contributed by atoms with Gasteiger partial charge in [0.05, 0.1) is 6.61 Å². The molecule has 1 atom stereocenters. The van der Waals surface area contributed by atoms with E-state index in [2.05, 4.69) is 5.32 Å². The summed E-state index contributed by atoms with van der Waals surface area (Å²) in [5.74, 6) is -2.03. The molecular weight excluding hydrogens is 234 g/mol. The number of hydrogen-bond acceptors (Lipinski definition) is 3. The van der Waals surface area contributed by atoms with Crippen molar-refractivity contribution in [2.45, 2.75) is 20.8 Å². The molecule has 18 heavy (non-hydrogen) atoms. The van der Waals surface area contributed by atoms with Gasteiger partial charge in [-0.3, -0.25) is 9.59 Å². The summed E-state index contributed by atoms with van der Waals surface area (Å²) in [5.41, 5.74) is 1.42. The molecule has 0 bridgehead atoms. The number of carboxylic acids is 1. The molecule has 1 aromatic carbocycles. The third kappa shape index (κ3) is 3.48. The number of hydrogen-bond donors (Lipinski definition) is 2. The Kier molecular flexibility index (Phi) is 4.71.